The van der Waals surface area contributed by atoms with Gasteiger partial charge in [0.25, 0.3) is 0 Å². The molecule has 0 bridgehead atoms. The van der Waals surface area contributed by atoms with E-state index in [9.17, 15) is 0 Å². The first kappa shape index (κ1) is 32.2. The maximum Gasteiger partial charge on any atom is 0.164 e. The van der Waals surface area contributed by atoms with E-state index < -0.39 is 0 Å². The van der Waals surface area contributed by atoms with Crippen LogP contribution in [0.1, 0.15) is 0 Å². The highest BCUT2D eigenvalue weighted by Gasteiger charge is 2.15. The molecule has 0 aliphatic heterocycles. The van der Waals surface area contributed by atoms with Gasteiger partial charge in [0.2, 0.25) is 0 Å². The summed E-state index contributed by atoms with van der Waals surface area (Å²) in [6.45, 7) is 0. The highest BCUT2D eigenvalue weighted by molar-refractivity contribution is 6.12. The maximum atomic E-state index is 6.17. The molecular weight excluding hydrogens is 671 g/mol. The zero-order valence-electron chi connectivity index (χ0n) is 29.8. The van der Waals surface area contributed by atoms with Gasteiger partial charge < -0.3 is 4.42 Å². The SMILES string of the molecule is c1ccc(-c2ccc(-c3ccc(-c4cccc(-c5nc(-c6ccccc6)nc(-c6ccc(-c7cccc8oc9ccccc9c78)cc6)n5)c4)cc3)cc2)cc1. The van der Waals surface area contributed by atoms with Crippen molar-refractivity contribution in [3.63, 3.8) is 0 Å². The number of rotatable bonds is 7. The summed E-state index contributed by atoms with van der Waals surface area (Å²) in [4.78, 5) is 15.1. The summed E-state index contributed by atoms with van der Waals surface area (Å²) < 4.78 is 6.17. The molecule has 4 nitrogen and oxygen atoms in total. The monoisotopic (exact) mass is 703 g/mol. The van der Waals surface area contributed by atoms with Crippen LogP contribution in [-0.4, -0.2) is 15.0 Å². The molecule has 4 heteroatoms. The average molecular weight is 704 g/mol. The predicted molar refractivity (Wildman–Crippen MR) is 225 cm³/mol. The molecule has 0 N–H and O–H groups in total. The Kier molecular flexibility index (Phi) is 8.12. The first-order valence-corrected chi connectivity index (χ1v) is 18.4. The Morgan fingerprint density at radius 1 is 0.273 bits per heavy atom. The number of benzene rings is 8. The number of hydrogen-bond donors (Lipinski definition) is 0. The number of fused-ring (bicyclic) bond motifs is 3. The van der Waals surface area contributed by atoms with E-state index >= 15 is 0 Å². The molecule has 8 aromatic carbocycles. The zero-order valence-corrected chi connectivity index (χ0v) is 29.8. The second kappa shape index (κ2) is 13.8. The zero-order chi connectivity index (χ0) is 36.6. The van der Waals surface area contributed by atoms with Crippen LogP contribution in [-0.2, 0) is 0 Å². The van der Waals surface area contributed by atoms with E-state index in [1.54, 1.807) is 0 Å². The van der Waals surface area contributed by atoms with Gasteiger partial charge in [0.1, 0.15) is 11.2 Å². The minimum absolute atomic E-state index is 0.621. The Balaban J connectivity index is 0.979. The van der Waals surface area contributed by atoms with Gasteiger partial charge in [-0.15, -0.1) is 0 Å². The van der Waals surface area contributed by atoms with E-state index in [0.717, 1.165) is 60.9 Å². The Hall–Kier alpha value is -7.43. The summed E-state index contributed by atoms with van der Waals surface area (Å²) >= 11 is 0. The molecule has 0 spiro atoms. The van der Waals surface area contributed by atoms with Crippen molar-refractivity contribution in [3.05, 3.63) is 200 Å². The maximum absolute atomic E-state index is 6.17. The van der Waals surface area contributed by atoms with Crippen LogP contribution in [0.25, 0.3) is 101 Å². The number of nitrogens with zero attached hydrogens (tertiary/aromatic N) is 3. The molecule has 2 aromatic heterocycles. The van der Waals surface area contributed by atoms with E-state index in [2.05, 4.69) is 140 Å². The average Bonchev–Trinajstić information content (AvgIpc) is 3.66. The van der Waals surface area contributed by atoms with Gasteiger partial charge in [-0.2, -0.15) is 0 Å². The molecule has 55 heavy (non-hydrogen) atoms. The van der Waals surface area contributed by atoms with Crippen molar-refractivity contribution < 1.29 is 4.42 Å². The van der Waals surface area contributed by atoms with Crippen molar-refractivity contribution >= 4 is 21.9 Å². The van der Waals surface area contributed by atoms with Gasteiger partial charge in [-0.1, -0.05) is 182 Å². The standard InChI is InChI=1S/C51H33N3O/c1-3-11-34(12-4-1)35-21-23-36(24-22-35)37-25-27-38(28-26-37)42-15-9-16-43(33-42)51-53-49(40-13-5-2-6-14-40)52-50(54-51)41-31-29-39(30-32-41)44-18-10-20-47-48(44)45-17-7-8-19-46(45)55-47/h1-33H. The van der Waals surface area contributed by atoms with Gasteiger partial charge >= 0.3 is 0 Å². The fourth-order valence-electron chi connectivity index (χ4n) is 7.34. The third-order valence-corrected chi connectivity index (χ3v) is 10.2. The smallest absolute Gasteiger partial charge is 0.164 e. The number of hydrogen-bond acceptors (Lipinski definition) is 4. The molecule has 0 fully saturated rings. The Bertz CT molecular complexity index is 2930. The van der Waals surface area contributed by atoms with Gasteiger partial charge in [0.15, 0.2) is 17.5 Å². The second-order valence-electron chi connectivity index (χ2n) is 13.6. The fraction of sp³-hybridized carbons (Fsp3) is 0. The van der Waals surface area contributed by atoms with Crippen molar-refractivity contribution in [2.45, 2.75) is 0 Å². The number of para-hydroxylation sites is 1. The van der Waals surface area contributed by atoms with E-state index in [4.69, 9.17) is 19.4 Å². The summed E-state index contributed by atoms with van der Waals surface area (Å²) in [5.41, 5.74) is 13.8. The quantitative estimate of drug-likeness (QED) is 0.166. The van der Waals surface area contributed by atoms with Crippen LogP contribution >= 0.6 is 0 Å². The molecule has 258 valence electrons. The van der Waals surface area contributed by atoms with Crippen LogP contribution in [0.15, 0.2) is 205 Å². The van der Waals surface area contributed by atoms with Gasteiger partial charge in [-0.25, -0.2) is 15.0 Å². The first-order valence-electron chi connectivity index (χ1n) is 18.4. The van der Waals surface area contributed by atoms with Crippen molar-refractivity contribution in [1.29, 1.82) is 0 Å². The van der Waals surface area contributed by atoms with Crippen LogP contribution < -0.4 is 0 Å². The summed E-state index contributed by atoms with van der Waals surface area (Å²) in [6.07, 6.45) is 0. The van der Waals surface area contributed by atoms with Crippen LogP contribution in [0.4, 0.5) is 0 Å². The van der Waals surface area contributed by atoms with Crippen LogP contribution in [0.5, 0.6) is 0 Å². The van der Waals surface area contributed by atoms with Crippen LogP contribution in [0.2, 0.25) is 0 Å². The van der Waals surface area contributed by atoms with Crippen molar-refractivity contribution in [2.75, 3.05) is 0 Å². The van der Waals surface area contributed by atoms with E-state index in [1.165, 1.54) is 22.3 Å². The highest BCUT2D eigenvalue weighted by Crippen LogP contribution is 2.37. The normalized spacial score (nSPS) is 11.3. The molecule has 0 saturated carbocycles. The molecule has 10 aromatic rings. The van der Waals surface area contributed by atoms with E-state index in [0.29, 0.717) is 17.5 Å². The Morgan fingerprint density at radius 3 is 1.31 bits per heavy atom. The number of aromatic nitrogens is 3. The molecule has 2 heterocycles. The molecule has 0 amide bonds. The van der Waals surface area contributed by atoms with E-state index in [-0.39, 0.29) is 0 Å². The molecule has 0 unspecified atom stereocenters. The van der Waals surface area contributed by atoms with Crippen molar-refractivity contribution in [1.82, 2.24) is 15.0 Å². The van der Waals surface area contributed by atoms with Gasteiger partial charge in [0.05, 0.1) is 0 Å². The summed E-state index contributed by atoms with van der Waals surface area (Å²) in [7, 11) is 0. The summed E-state index contributed by atoms with van der Waals surface area (Å²) in [5.74, 6) is 1.88. The lowest BCUT2D eigenvalue weighted by Crippen LogP contribution is -2.00. The summed E-state index contributed by atoms with van der Waals surface area (Å²) in [5, 5.41) is 2.23. The molecule has 0 saturated heterocycles. The molecule has 0 radical (unpaired) electrons. The second-order valence-corrected chi connectivity index (χ2v) is 13.6. The molecule has 0 aliphatic rings. The lowest BCUT2D eigenvalue weighted by Gasteiger charge is -2.11. The predicted octanol–water partition coefficient (Wildman–Crippen LogP) is 13.4. The third kappa shape index (κ3) is 6.26. The largest absolute Gasteiger partial charge is 0.456 e. The Morgan fingerprint density at radius 2 is 0.673 bits per heavy atom. The third-order valence-electron chi connectivity index (χ3n) is 10.2. The summed E-state index contributed by atoms with van der Waals surface area (Å²) in [6, 6.07) is 69.4. The molecule has 10 rings (SSSR count). The van der Waals surface area contributed by atoms with Gasteiger partial charge in [-0.05, 0) is 62.7 Å². The van der Waals surface area contributed by atoms with Crippen LogP contribution in [0, 0.1) is 0 Å². The van der Waals surface area contributed by atoms with Gasteiger partial charge in [-0.3, -0.25) is 0 Å². The Labute approximate surface area is 319 Å². The van der Waals surface area contributed by atoms with Crippen LogP contribution in [0.3, 0.4) is 0 Å². The minimum atomic E-state index is 0.621. The molecule has 0 atom stereocenters. The van der Waals surface area contributed by atoms with Crippen molar-refractivity contribution in [2.24, 2.45) is 0 Å². The highest BCUT2D eigenvalue weighted by atomic mass is 16.3. The first-order chi connectivity index (χ1) is 27.2. The lowest BCUT2D eigenvalue weighted by molar-refractivity contribution is 0.669. The number of furan rings is 1. The lowest BCUT2D eigenvalue weighted by atomic mass is 9.97. The van der Waals surface area contributed by atoms with E-state index in [1.807, 2.05) is 60.7 Å². The van der Waals surface area contributed by atoms with Gasteiger partial charge in [0, 0.05) is 27.5 Å². The fourth-order valence-corrected chi connectivity index (χ4v) is 7.34. The topological polar surface area (TPSA) is 51.8 Å². The molecule has 0 aliphatic carbocycles. The molecular formula is C51H33N3O. The minimum Gasteiger partial charge on any atom is -0.456 e. The van der Waals surface area contributed by atoms with Crippen molar-refractivity contribution in [3.8, 4) is 78.7 Å².